The van der Waals surface area contributed by atoms with E-state index in [4.69, 9.17) is 5.73 Å². The van der Waals surface area contributed by atoms with Gasteiger partial charge < -0.3 is 10.8 Å². The summed E-state index contributed by atoms with van der Waals surface area (Å²) in [5.41, 5.74) is 7.13. The van der Waals surface area contributed by atoms with Gasteiger partial charge in [0.2, 0.25) is 0 Å². The first-order valence-corrected chi connectivity index (χ1v) is 7.66. The number of benzene rings is 2. The summed E-state index contributed by atoms with van der Waals surface area (Å²) >= 11 is 3.30. The highest BCUT2D eigenvalue weighted by Crippen LogP contribution is 2.32. The van der Waals surface area contributed by atoms with E-state index in [9.17, 15) is 9.50 Å². The molecule has 2 aromatic carbocycles. The summed E-state index contributed by atoms with van der Waals surface area (Å²) in [5.74, 6) is -0.302. The Morgan fingerprint density at radius 1 is 1.24 bits per heavy atom. The van der Waals surface area contributed by atoms with Gasteiger partial charge in [-0.1, -0.05) is 46.3 Å². The molecule has 0 aliphatic heterocycles. The van der Waals surface area contributed by atoms with Gasteiger partial charge in [0.1, 0.15) is 5.82 Å². The van der Waals surface area contributed by atoms with Crippen LogP contribution in [0.2, 0.25) is 0 Å². The fourth-order valence-electron chi connectivity index (χ4n) is 2.70. The maximum Gasteiger partial charge on any atom is 0.124 e. The molecule has 0 fully saturated rings. The van der Waals surface area contributed by atoms with Crippen molar-refractivity contribution in [2.24, 2.45) is 5.73 Å². The highest BCUT2D eigenvalue weighted by atomic mass is 79.9. The highest BCUT2D eigenvalue weighted by molar-refractivity contribution is 9.10. The van der Waals surface area contributed by atoms with E-state index in [1.54, 1.807) is 6.92 Å². The van der Waals surface area contributed by atoms with Crippen molar-refractivity contribution in [2.75, 3.05) is 6.54 Å². The van der Waals surface area contributed by atoms with Gasteiger partial charge in [-0.25, -0.2) is 4.39 Å². The van der Waals surface area contributed by atoms with Crippen molar-refractivity contribution in [2.45, 2.75) is 24.9 Å². The predicted molar refractivity (Wildman–Crippen MR) is 86.7 cm³/mol. The summed E-state index contributed by atoms with van der Waals surface area (Å²) < 4.78 is 14.3. The molecule has 0 heterocycles. The molecular weight excluding hydrogens is 333 g/mol. The largest absolute Gasteiger partial charge is 0.392 e. The van der Waals surface area contributed by atoms with Gasteiger partial charge in [0.15, 0.2) is 0 Å². The third-order valence-corrected chi connectivity index (χ3v) is 4.41. The molecule has 0 bridgehead atoms. The van der Waals surface area contributed by atoms with Crippen LogP contribution < -0.4 is 5.73 Å². The standard InChI is InChI=1S/C17H19BrFNO/c1-12(21)17(11-20,14-5-3-2-4-6-14)10-13-7-15(18)9-16(19)8-13/h2-9,12,21H,10-11,20H2,1H3. The molecule has 2 atom stereocenters. The zero-order valence-electron chi connectivity index (χ0n) is 11.9. The van der Waals surface area contributed by atoms with E-state index in [1.807, 2.05) is 36.4 Å². The minimum atomic E-state index is -0.646. The minimum Gasteiger partial charge on any atom is -0.392 e. The minimum absolute atomic E-state index is 0.281. The first-order chi connectivity index (χ1) is 9.98. The second kappa shape index (κ2) is 6.69. The van der Waals surface area contributed by atoms with Crippen LogP contribution in [0.15, 0.2) is 53.0 Å². The summed E-state index contributed by atoms with van der Waals surface area (Å²) in [4.78, 5) is 0. The lowest BCUT2D eigenvalue weighted by molar-refractivity contribution is 0.100. The van der Waals surface area contributed by atoms with Crippen LogP contribution in [0.1, 0.15) is 18.1 Å². The Morgan fingerprint density at radius 2 is 1.90 bits per heavy atom. The number of rotatable bonds is 5. The summed E-state index contributed by atoms with van der Waals surface area (Å²) in [6.45, 7) is 2.01. The van der Waals surface area contributed by atoms with Crippen LogP contribution in [-0.2, 0) is 11.8 Å². The fraction of sp³-hybridized carbons (Fsp3) is 0.294. The zero-order valence-corrected chi connectivity index (χ0v) is 13.5. The number of aliphatic hydroxyl groups is 1. The van der Waals surface area contributed by atoms with Crippen molar-refractivity contribution in [3.8, 4) is 0 Å². The van der Waals surface area contributed by atoms with E-state index in [-0.39, 0.29) is 12.4 Å². The molecule has 0 aliphatic carbocycles. The van der Waals surface area contributed by atoms with Crippen molar-refractivity contribution in [1.29, 1.82) is 0 Å². The Balaban J connectivity index is 2.46. The maximum absolute atomic E-state index is 13.6. The second-order valence-corrected chi connectivity index (χ2v) is 6.27. The number of nitrogens with two attached hydrogens (primary N) is 1. The van der Waals surface area contributed by atoms with Crippen molar-refractivity contribution < 1.29 is 9.50 Å². The molecule has 0 aliphatic rings. The fourth-order valence-corrected chi connectivity index (χ4v) is 3.21. The van der Waals surface area contributed by atoms with Crippen LogP contribution in [0.5, 0.6) is 0 Å². The molecule has 2 unspecified atom stereocenters. The van der Waals surface area contributed by atoms with Crippen molar-refractivity contribution >= 4 is 15.9 Å². The molecule has 112 valence electrons. The Bertz CT molecular complexity index is 583. The summed E-state index contributed by atoms with van der Waals surface area (Å²) in [7, 11) is 0. The van der Waals surface area contributed by atoms with Gasteiger partial charge in [0.05, 0.1) is 6.10 Å². The van der Waals surface area contributed by atoms with Crippen LogP contribution in [0, 0.1) is 5.82 Å². The van der Waals surface area contributed by atoms with Crippen LogP contribution in [0.4, 0.5) is 4.39 Å². The van der Waals surface area contributed by atoms with Crippen LogP contribution >= 0.6 is 15.9 Å². The molecule has 0 radical (unpaired) electrons. The van der Waals surface area contributed by atoms with Crippen molar-refractivity contribution in [1.82, 2.24) is 0 Å². The molecule has 0 aromatic heterocycles. The van der Waals surface area contributed by atoms with Crippen LogP contribution in [0.3, 0.4) is 0 Å². The molecule has 3 N–H and O–H groups in total. The van der Waals surface area contributed by atoms with E-state index in [0.29, 0.717) is 10.9 Å². The number of aliphatic hydroxyl groups excluding tert-OH is 1. The highest BCUT2D eigenvalue weighted by Gasteiger charge is 2.36. The molecule has 21 heavy (non-hydrogen) atoms. The van der Waals surface area contributed by atoms with Gasteiger partial charge >= 0.3 is 0 Å². The number of hydrogen-bond donors (Lipinski definition) is 2. The lowest BCUT2D eigenvalue weighted by Gasteiger charge is -2.36. The van der Waals surface area contributed by atoms with E-state index in [0.717, 1.165) is 11.1 Å². The third-order valence-electron chi connectivity index (χ3n) is 3.95. The van der Waals surface area contributed by atoms with Gasteiger partial charge in [-0.2, -0.15) is 0 Å². The van der Waals surface area contributed by atoms with Gasteiger partial charge in [-0.15, -0.1) is 0 Å². The summed E-state index contributed by atoms with van der Waals surface area (Å²) in [6, 6.07) is 14.4. The SMILES string of the molecule is CC(O)C(CN)(Cc1cc(F)cc(Br)c1)c1ccccc1. The zero-order chi connectivity index (χ0) is 15.5. The Labute approximate surface area is 132 Å². The smallest absolute Gasteiger partial charge is 0.124 e. The van der Waals surface area contributed by atoms with Crippen LogP contribution in [0.25, 0.3) is 0 Å². The average Bonchev–Trinajstić information content (AvgIpc) is 2.44. The molecule has 2 aromatic rings. The van der Waals surface area contributed by atoms with Gasteiger partial charge in [-0.05, 0) is 42.7 Å². The van der Waals surface area contributed by atoms with Crippen molar-refractivity contribution in [3.05, 3.63) is 69.9 Å². The lowest BCUT2D eigenvalue weighted by Crippen LogP contribution is -2.46. The summed E-state index contributed by atoms with van der Waals surface area (Å²) in [6.07, 6.45) is -0.173. The number of halogens is 2. The molecule has 4 heteroatoms. The molecule has 0 saturated heterocycles. The molecule has 0 spiro atoms. The van der Waals surface area contributed by atoms with Gasteiger partial charge in [-0.3, -0.25) is 0 Å². The molecule has 0 amide bonds. The van der Waals surface area contributed by atoms with Crippen molar-refractivity contribution in [3.63, 3.8) is 0 Å². The Kier molecular flexibility index (Phi) is 5.14. The van der Waals surface area contributed by atoms with Crippen LogP contribution in [-0.4, -0.2) is 17.8 Å². The third kappa shape index (κ3) is 3.51. The van der Waals surface area contributed by atoms with Gasteiger partial charge in [0, 0.05) is 16.4 Å². The normalized spacial score (nSPS) is 15.5. The second-order valence-electron chi connectivity index (χ2n) is 5.36. The van der Waals surface area contributed by atoms with E-state index in [2.05, 4.69) is 15.9 Å². The molecule has 2 nitrogen and oxygen atoms in total. The Hall–Kier alpha value is -1.23. The van der Waals surface area contributed by atoms with Gasteiger partial charge in [0.25, 0.3) is 0 Å². The van der Waals surface area contributed by atoms with E-state index < -0.39 is 11.5 Å². The van der Waals surface area contributed by atoms with E-state index >= 15 is 0 Å². The topological polar surface area (TPSA) is 46.2 Å². The first-order valence-electron chi connectivity index (χ1n) is 6.86. The molecule has 2 rings (SSSR count). The predicted octanol–water partition coefficient (Wildman–Crippen LogP) is 3.41. The van der Waals surface area contributed by atoms with E-state index in [1.165, 1.54) is 12.1 Å². The quantitative estimate of drug-likeness (QED) is 0.866. The summed E-state index contributed by atoms with van der Waals surface area (Å²) in [5, 5.41) is 10.3. The lowest BCUT2D eigenvalue weighted by atomic mass is 9.72. The molecule has 0 saturated carbocycles. The molecular formula is C17H19BrFNO. The average molecular weight is 352 g/mol. The monoisotopic (exact) mass is 351 g/mol. The Morgan fingerprint density at radius 3 is 2.43 bits per heavy atom. The first kappa shape index (κ1) is 16.1. The maximum atomic E-state index is 13.6. The number of hydrogen-bond acceptors (Lipinski definition) is 2.